The van der Waals surface area contributed by atoms with Crippen LogP contribution in [-0.2, 0) is 0 Å². The third kappa shape index (κ3) is 1.93. The fourth-order valence-corrected chi connectivity index (χ4v) is 1.79. The normalized spacial score (nSPS) is 9.00. The topological polar surface area (TPSA) is 86.0 Å². The van der Waals surface area contributed by atoms with Gasteiger partial charge in [-0.3, -0.25) is 5.32 Å². The van der Waals surface area contributed by atoms with Gasteiger partial charge in [0.2, 0.25) is 0 Å². The van der Waals surface area contributed by atoms with Gasteiger partial charge in [-0.1, -0.05) is 11.3 Å². The molecule has 0 bridgehead atoms. The second kappa shape index (κ2) is 3.51. The first-order chi connectivity index (χ1) is 5.63. The van der Waals surface area contributed by atoms with Gasteiger partial charge in [-0.15, -0.1) is 0 Å². The molecule has 1 aromatic rings. The minimum absolute atomic E-state index is 0.184. The number of halogens is 1. The van der Waals surface area contributed by atoms with Crippen molar-refractivity contribution in [3.63, 3.8) is 0 Å². The van der Waals surface area contributed by atoms with Gasteiger partial charge in [-0.05, 0) is 15.9 Å². The number of nitrogens with one attached hydrogen (secondary N) is 1. The van der Waals surface area contributed by atoms with Crippen molar-refractivity contribution in [3.05, 3.63) is 9.48 Å². The van der Waals surface area contributed by atoms with E-state index in [0.717, 1.165) is 11.3 Å². The molecule has 1 rings (SSSR count). The molecular formula is C5H2BrN3O2S. The second-order valence-electron chi connectivity index (χ2n) is 1.68. The predicted octanol–water partition coefficient (Wildman–Crippen LogP) is 1.87. The van der Waals surface area contributed by atoms with Crippen LogP contribution >= 0.6 is 27.3 Å². The van der Waals surface area contributed by atoms with E-state index in [1.54, 1.807) is 0 Å². The molecule has 0 aromatic carbocycles. The molecule has 2 N–H and O–H groups in total. The number of nitriles is 1. The summed E-state index contributed by atoms with van der Waals surface area (Å²) < 4.78 is 0.522. The summed E-state index contributed by atoms with van der Waals surface area (Å²) in [6.07, 6.45) is -1.19. The summed E-state index contributed by atoms with van der Waals surface area (Å²) in [4.78, 5) is 13.8. The Bertz CT molecular complexity index is 356. The molecule has 0 spiro atoms. The van der Waals surface area contributed by atoms with Crippen LogP contribution in [-0.4, -0.2) is 16.2 Å². The Morgan fingerprint density at radius 2 is 2.50 bits per heavy atom. The van der Waals surface area contributed by atoms with Gasteiger partial charge in [0.15, 0.2) is 10.8 Å². The number of rotatable bonds is 1. The summed E-state index contributed by atoms with van der Waals surface area (Å²) in [6.45, 7) is 0. The Kier molecular flexibility index (Phi) is 2.62. The molecule has 62 valence electrons. The molecule has 0 radical (unpaired) electrons. The van der Waals surface area contributed by atoms with Crippen molar-refractivity contribution in [1.29, 1.82) is 5.26 Å². The fraction of sp³-hybridized carbons (Fsp3) is 0. The van der Waals surface area contributed by atoms with Crippen LogP contribution in [0.3, 0.4) is 0 Å². The van der Waals surface area contributed by atoms with Crippen molar-refractivity contribution in [2.24, 2.45) is 0 Å². The standard InChI is InChI=1S/C5H2BrN3O2S/c6-3-2(1-7)8-4(12-3)9-5(10)11/h(H,8,9)(H,10,11). The first-order valence-electron chi connectivity index (χ1n) is 2.70. The zero-order chi connectivity index (χ0) is 9.14. The number of anilines is 1. The summed E-state index contributed by atoms with van der Waals surface area (Å²) >= 11 is 4.13. The lowest BCUT2D eigenvalue weighted by Gasteiger charge is -1.89. The Labute approximate surface area is 79.8 Å². The number of nitrogens with zero attached hydrogens (tertiary/aromatic N) is 2. The van der Waals surface area contributed by atoms with Crippen molar-refractivity contribution in [3.8, 4) is 6.07 Å². The van der Waals surface area contributed by atoms with E-state index in [0.29, 0.717) is 3.79 Å². The second-order valence-corrected chi connectivity index (χ2v) is 4.00. The number of hydrogen-bond donors (Lipinski definition) is 2. The van der Waals surface area contributed by atoms with Crippen LogP contribution in [0.4, 0.5) is 9.93 Å². The lowest BCUT2D eigenvalue weighted by atomic mass is 10.6. The van der Waals surface area contributed by atoms with Gasteiger partial charge in [0.05, 0.1) is 0 Å². The van der Waals surface area contributed by atoms with Crippen LogP contribution in [0.5, 0.6) is 0 Å². The average molecular weight is 248 g/mol. The maximum atomic E-state index is 10.1. The largest absolute Gasteiger partial charge is 0.465 e. The molecule has 0 fully saturated rings. The first-order valence-corrected chi connectivity index (χ1v) is 4.31. The zero-order valence-electron chi connectivity index (χ0n) is 5.54. The van der Waals surface area contributed by atoms with Crippen LogP contribution in [0.15, 0.2) is 3.79 Å². The maximum Gasteiger partial charge on any atom is 0.410 e. The van der Waals surface area contributed by atoms with Gasteiger partial charge >= 0.3 is 6.09 Å². The van der Waals surface area contributed by atoms with Crippen LogP contribution in [0.25, 0.3) is 0 Å². The summed E-state index contributed by atoms with van der Waals surface area (Å²) in [5, 5.41) is 19.0. The van der Waals surface area contributed by atoms with E-state index >= 15 is 0 Å². The van der Waals surface area contributed by atoms with Crippen molar-refractivity contribution in [1.82, 2.24) is 4.98 Å². The van der Waals surface area contributed by atoms with E-state index < -0.39 is 6.09 Å². The molecule has 0 saturated heterocycles. The highest BCUT2D eigenvalue weighted by molar-refractivity contribution is 9.11. The molecule has 1 amide bonds. The molecule has 1 aromatic heterocycles. The van der Waals surface area contributed by atoms with E-state index in [9.17, 15) is 4.79 Å². The molecule has 0 aliphatic heterocycles. The van der Waals surface area contributed by atoms with Crippen molar-refractivity contribution in [2.45, 2.75) is 0 Å². The van der Waals surface area contributed by atoms with Crippen molar-refractivity contribution in [2.75, 3.05) is 5.32 Å². The van der Waals surface area contributed by atoms with Gasteiger partial charge in [0.1, 0.15) is 9.86 Å². The lowest BCUT2D eigenvalue weighted by molar-refractivity contribution is 0.209. The smallest absolute Gasteiger partial charge is 0.410 e. The number of aromatic nitrogens is 1. The molecule has 12 heavy (non-hydrogen) atoms. The van der Waals surface area contributed by atoms with Gasteiger partial charge in [0, 0.05) is 0 Å². The number of hydrogen-bond acceptors (Lipinski definition) is 4. The van der Waals surface area contributed by atoms with Gasteiger partial charge in [0.25, 0.3) is 0 Å². The number of carbonyl (C=O) groups is 1. The van der Waals surface area contributed by atoms with Crippen LogP contribution in [0.1, 0.15) is 5.69 Å². The SMILES string of the molecule is N#Cc1nc(NC(=O)O)sc1Br. The highest BCUT2D eigenvalue weighted by Gasteiger charge is 2.09. The first kappa shape index (κ1) is 8.96. The molecule has 1 heterocycles. The van der Waals surface area contributed by atoms with E-state index in [4.69, 9.17) is 10.4 Å². The highest BCUT2D eigenvalue weighted by atomic mass is 79.9. The summed E-state index contributed by atoms with van der Waals surface area (Å²) in [7, 11) is 0. The third-order valence-electron chi connectivity index (χ3n) is 0.906. The highest BCUT2D eigenvalue weighted by Crippen LogP contribution is 2.27. The lowest BCUT2D eigenvalue weighted by Crippen LogP contribution is -2.06. The van der Waals surface area contributed by atoms with E-state index in [1.165, 1.54) is 0 Å². The summed E-state index contributed by atoms with van der Waals surface area (Å²) in [6, 6.07) is 1.81. The molecule has 7 heteroatoms. The Morgan fingerprint density at radius 1 is 1.83 bits per heavy atom. The molecular weight excluding hydrogens is 246 g/mol. The summed E-state index contributed by atoms with van der Waals surface area (Å²) in [5.74, 6) is 0. The number of carboxylic acid groups (broad SMARTS) is 1. The van der Waals surface area contributed by atoms with Gasteiger partial charge in [-0.25, -0.2) is 9.78 Å². The minimum Gasteiger partial charge on any atom is -0.465 e. The number of amides is 1. The quantitative estimate of drug-likeness (QED) is 0.794. The summed E-state index contributed by atoms with van der Waals surface area (Å²) in [5.41, 5.74) is 0.184. The average Bonchev–Trinajstić information content (AvgIpc) is 2.29. The third-order valence-corrected chi connectivity index (χ3v) is 2.53. The van der Waals surface area contributed by atoms with E-state index in [1.807, 2.05) is 11.4 Å². The molecule has 0 aliphatic carbocycles. The molecule has 5 nitrogen and oxygen atoms in total. The number of thiazole rings is 1. The Balaban J connectivity index is 2.91. The van der Waals surface area contributed by atoms with E-state index in [2.05, 4.69) is 20.9 Å². The van der Waals surface area contributed by atoms with Crippen LogP contribution in [0, 0.1) is 11.3 Å². The van der Waals surface area contributed by atoms with E-state index in [-0.39, 0.29) is 10.8 Å². The monoisotopic (exact) mass is 247 g/mol. The Morgan fingerprint density at radius 3 is 2.92 bits per heavy atom. The zero-order valence-corrected chi connectivity index (χ0v) is 7.94. The Hall–Kier alpha value is -1.13. The maximum absolute atomic E-state index is 10.1. The van der Waals surface area contributed by atoms with Crippen LogP contribution < -0.4 is 5.32 Å². The molecule has 0 unspecified atom stereocenters. The van der Waals surface area contributed by atoms with Crippen LogP contribution in [0.2, 0.25) is 0 Å². The predicted molar refractivity (Wildman–Crippen MR) is 46.2 cm³/mol. The van der Waals surface area contributed by atoms with Gasteiger partial charge < -0.3 is 5.11 Å². The molecule has 0 atom stereocenters. The minimum atomic E-state index is -1.19. The van der Waals surface area contributed by atoms with Crippen molar-refractivity contribution >= 4 is 38.5 Å². The van der Waals surface area contributed by atoms with Crippen molar-refractivity contribution < 1.29 is 9.90 Å². The molecule has 0 saturated carbocycles. The fourth-order valence-electron chi connectivity index (χ4n) is 0.515. The van der Waals surface area contributed by atoms with Gasteiger partial charge in [-0.2, -0.15) is 5.26 Å². The molecule has 0 aliphatic rings.